The molecule has 0 atom stereocenters. The van der Waals surface area contributed by atoms with Crippen molar-refractivity contribution in [2.45, 2.75) is 17.7 Å². The summed E-state index contributed by atoms with van der Waals surface area (Å²) in [5.41, 5.74) is -0.141. The summed E-state index contributed by atoms with van der Waals surface area (Å²) in [4.78, 5) is 10.1. The van der Waals surface area contributed by atoms with Crippen LogP contribution in [-0.2, 0) is 10.0 Å². The minimum absolute atomic E-state index is 0.0428. The predicted octanol–water partition coefficient (Wildman–Crippen LogP) is 2.74. The number of hydrogen-bond acceptors (Lipinski definition) is 4. The summed E-state index contributed by atoms with van der Waals surface area (Å²) in [7, 11) is -3.67. The Morgan fingerprint density at radius 3 is 1.95 bits per heavy atom. The van der Waals surface area contributed by atoms with Crippen molar-refractivity contribution in [1.82, 2.24) is 4.31 Å². The van der Waals surface area contributed by atoms with Crippen molar-refractivity contribution in [3.8, 4) is 0 Å². The zero-order valence-electron chi connectivity index (χ0n) is 11.6. The third-order valence-electron chi connectivity index (χ3n) is 2.85. The van der Waals surface area contributed by atoms with Gasteiger partial charge in [0.1, 0.15) is 0 Å². The lowest BCUT2D eigenvalue weighted by Crippen LogP contribution is -2.32. The van der Waals surface area contributed by atoms with Crippen LogP contribution in [0.2, 0.25) is 0 Å². The minimum Gasteiger partial charge on any atom is -0.258 e. The van der Waals surface area contributed by atoms with Crippen LogP contribution in [0.4, 0.5) is 5.69 Å². The van der Waals surface area contributed by atoms with Gasteiger partial charge < -0.3 is 0 Å². The summed E-state index contributed by atoms with van der Waals surface area (Å²) < 4.78 is 26.4. The number of benzene rings is 1. The molecule has 6 nitrogen and oxygen atoms in total. The highest BCUT2D eigenvalue weighted by atomic mass is 32.2. The van der Waals surface area contributed by atoms with E-state index in [-0.39, 0.29) is 10.6 Å². The predicted molar refractivity (Wildman–Crippen MR) is 81.5 cm³/mol. The van der Waals surface area contributed by atoms with E-state index in [9.17, 15) is 18.5 Å². The number of nitro benzene ring substituents is 1. The number of nitro groups is 1. The Balaban J connectivity index is 3.05. The molecule has 1 aromatic rings. The average molecular weight is 310 g/mol. The van der Waals surface area contributed by atoms with Crippen LogP contribution in [0.5, 0.6) is 0 Å². The third-order valence-corrected chi connectivity index (χ3v) is 4.76. The molecule has 0 unspecified atom stereocenters. The maximum atomic E-state index is 12.5. The minimum atomic E-state index is -3.67. The van der Waals surface area contributed by atoms with Gasteiger partial charge in [-0.25, -0.2) is 8.42 Å². The molecule has 0 spiro atoms. The molecule has 1 rings (SSSR count). The van der Waals surface area contributed by atoms with Gasteiger partial charge in [-0.05, 0) is 25.0 Å². The highest BCUT2D eigenvalue weighted by molar-refractivity contribution is 7.89. The summed E-state index contributed by atoms with van der Waals surface area (Å²) in [6.45, 7) is 7.80. The van der Waals surface area contributed by atoms with Gasteiger partial charge in [0.15, 0.2) is 0 Å². The van der Waals surface area contributed by atoms with Crippen LogP contribution in [0.1, 0.15) is 12.8 Å². The second-order valence-corrected chi connectivity index (χ2v) is 6.25. The molecule has 0 aliphatic rings. The number of rotatable bonds is 9. The van der Waals surface area contributed by atoms with Crippen LogP contribution >= 0.6 is 0 Å². The number of sulfonamides is 1. The summed E-state index contributed by atoms with van der Waals surface area (Å²) in [6, 6.07) is 4.88. The second-order valence-electron chi connectivity index (χ2n) is 4.31. The van der Waals surface area contributed by atoms with Crippen LogP contribution in [-0.4, -0.2) is 30.7 Å². The van der Waals surface area contributed by atoms with E-state index in [1.165, 1.54) is 28.6 Å². The maximum absolute atomic E-state index is 12.5. The van der Waals surface area contributed by atoms with Gasteiger partial charge in [-0.3, -0.25) is 10.1 Å². The molecule has 0 saturated carbocycles. The van der Waals surface area contributed by atoms with Crippen LogP contribution < -0.4 is 0 Å². The monoisotopic (exact) mass is 310 g/mol. The highest BCUT2D eigenvalue weighted by Crippen LogP contribution is 2.20. The molecule has 0 fully saturated rings. The van der Waals surface area contributed by atoms with Crippen molar-refractivity contribution in [2.75, 3.05) is 13.1 Å². The first-order valence-electron chi connectivity index (χ1n) is 6.40. The quantitative estimate of drug-likeness (QED) is 0.399. The zero-order chi connectivity index (χ0) is 15.9. The van der Waals surface area contributed by atoms with E-state index in [0.717, 1.165) is 0 Å². The average Bonchev–Trinajstić information content (AvgIpc) is 2.47. The Labute approximate surface area is 124 Å². The van der Waals surface area contributed by atoms with E-state index in [4.69, 9.17) is 0 Å². The Morgan fingerprint density at radius 2 is 1.57 bits per heavy atom. The lowest BCUT2D eigenvalue weighted by Gasteiger charge is -2.21. The molecular weight excluding hydrogens is 292 g/mol. The molecular formula is C14H18N2O4S. The van der Waals surface area contributed by atoms with E-state index in [2.05, 4.69) is 13.2 Å². The summed E-state index contributed by atoms with van der Waals surface area (Å²) >= 11 is 0. The molecule has 0 radical (unpaired) electrons. The van der Waals surface area contributed by atoms with Crippen LogP contribution in [0, 0.1) is 10.1 Å². The van der Waals surface area contributed by atoms with Crippen molar-refractivity contribution in [2.24, 2.45) is 0 Å². The summed E-state index contributed by atoms with van der Waals surface area (Å²) in [5, 5.41) is 10.6. The number of nitrogens with zero attached hydrogens (tertiary/aromatic N) is 2. The molecule has 0 aromatic heterocycles. The van der Waals surface area contributed by atoms with Crippen molar-refractivity contribution >= 4 is 15.7 Å². The fourth-order valence-electron chi connectivity index (χ4n) is 1.71. The first-order chi connectivity index (χ1) is 9.93. The van der Waals surface area contributed by atoms with Crippen LogP contribution in [0.3, 0.4) is 0 Å². The number of non-ortho nitro benzene ring substituents is 1. The standard InChI is InChI=1S/C14H18N2O4S/c1-3-5-11-15(12-6-4-2)21(19,20)14-9-7-13(8-10-14)16(17)18/h3-4,7-10H,1-2,5-6,11-12H2. The van der Waals surface area contributed by atoms with Gasteiger partial charge in [-0.2, -0.15) is 4.31 Å². The topological polar surface area (TPSA) is 80.5 Å². The Kier molecular flexibility index (Phi) is 6.26. The van der Waals surface area contributed by atoms with Gasteiger partial charge in [-0.15, -0.1) is 13.2 Å². The van der Waals surface area contributed by atoms with Crippen molar-refractivity contribution in [3.05, 3.63) is 59.7 Å². The summed E-state index contributed by atoms with van der Waals surface area (Å²) in [6.07, 6.45) is 4.35. The van der Waals surface area contributed by atoms with Crippen LogP contribution in [0.15, 0.2) is 54.5 Å². The molecule has 7 heteroatoms. The molecule has 114 valence electrons. The molecule has 0 N–H and O–H groups in total. The first kappa shape index (κ1) is 17.1. The lowest BCUT2D eigenvalue weighted by atomic mass is 10.3. The lowest BCUT2D eigenvalue weighted by molar-refractivity contribution is -0.384. The molecule has 1 aromatic carbocycles. The fourth-order valence-corrected chi connectivity index (χ4v) is 3.18. The molecule has 0 bridgehead atoms. The van der Waals surface area contributed by atoms with Crippen molar-refractivity contribution in [1.29, 1.82) is 0 Å². The molecule has 21 heavy (non-hydrogen) atoms. The fraction of sp³-hybridized carbons (Fsp3) is 0.286. The van der Waals surface area contributed by atoms with Gasteiger partial charge >= 0.3 is 0 Å². The molecule has 0 saturated heterocycles. The Bertz CT molecular complexity index is 596. The van der Waals surface area contributed by atoms with Gasteiger partial charge in [0.05, 0.1) is 9.82 Å². The Hall–Kier alpha value is -1.99. The van der Waals surface area contributed by atoms with E-state index in [1.807, 2.05) is 0 Å². The zero-order valence-corrected chi connectivity index (χ0v) is 12.5. The smallest absolute Gasteiger partial charge is 0.258 e. The van der Waals surface area contributed by atoms with E-state index in [1.54, 1.807) is 12.2 Å². The van der Waals surface area contributed by atoms with Gasteiger partial charge in [-0.1, -0.05) is 12.2 Å². The highest BCUT2D eigenvalue weighted by Gasteiger charge is 2.23. The molecule has 0 aliphatic carbocycles. The van der Waals surface area contributed by atoms with Crippen LogP contribution in [0.25, 0.3) is 0 Å². The van der Waals surface area contributed by atoms with Gasteiger partial charge in [0.2, 0.25) is 10.0 Å². The van der Waals surface area contributed by atoms with E-state index >= 15 is 0 Å². The largest absolute Gasteiger partial charge is 0.269 e. The second kappa shape index (κ2) is 7.70. The molecule has 0 heterocycles. The van der Waals surface area contributed by atoms with Crippen molar-refractivity contribution < 1.29 is 13.3 Å². The van der Waals surface area contributed by atoms with Crippen molar-refractivity contribution in [3.63, 3.8) is 0 Å². The number of hydrogen-bond donors (Lipinski definition) is 0. The van der Waals surface area contributed by atoms with Gasteiger partial charge in [0, 0.05) is 25.2 Å². The first-order valence-corrected chi connectivity index (χ1v) is 7.84. The normalized spacial score (nSPS) is 11.3. The Morgan fingerprint density at radius 1 is 1.10 bits per heavy atom. The third kappa shape index (κ3) is 4.51. The van der Waals surface area contributed by atoms with E-state index < -0.39 is 14.9 Å². The SMILES string of the molecule is C=CCCN(CCC=C)S(=O)(=O)c1ccc([N+](=O)[O-])cc1. The molecule has 0 amide bonds. The van der Waals surface area contributed by atoms with E-state index in [0.29, 0.717) is 25.9 Å². The maximum Gasteiger partial charge on any atom is 0.269 e. The molecule has 0 aliphatic heterocycles. The summed E-state index contributed by atoms with van der Waals surface area (Å²) in [5.74, 6) is 0. The van der Waals surface area contributed by atoms with Gasteiger partial charge in [0.25, 0.3) is 5.69 Å².